The van der Waals surface area contributed by atoms with Gasteiger partial charge in [-0.3, -0.25) is 9.69 Å². The number of hydrogen-bond donors (Lipinski definition) is 1. The van der Waals surface area contributed by atoms with Crippen molar-refractivity contribution in [3.8, 4) is 0 Å². The van der Waals surface area contributed by atoms with Gasteiger partial charge in [-0.1, -0.05) is 30.3 Å². The molecule has 2 aromatic rings. The Morgan fingerprint density at radius 1 is 1.28 bits per heavy atom. The van der Waals surface area contributed by atoms with Crippen LogP contribution in [0, 0.1) is 0 Å². The Morgan fingerprint density at radius 2 is 2.00 bits per heavy atom. The lowest BCUT2D eigenvalue weighted by molar-refractivity contribution is -0.143. The van der Waals surface area contributed by atoms with Gasteiger partial charge in [-0.05, 0) is 24.7 Å². The molecular weight excluding hydrogens is 230 g/mol. The van der Waals surface area contributed by atoms with Gasteiger partial charge in [0, 0.05) is 6.54 Å². The van der Waals surface area contributed by atoms with Crippen molar-refractivity contribution >= 4 is 5.97 Å². The first-order valence-corrected chi connectivity index (χ1v) is 5.69. The molecule has 0 fully saturated rings. The molecule has 1 unspecified atom stereocenters. The van der Waals surface area contributed by atoms with Crippen LogP contribution in [0.4, 0.5) is 0 Å². The third-order valence-electron chi connectivity index (χ3n) is 2.76. The van der Waals surface area contributed by atoms with Gasteiger partial charge in [0.15, 0.2) is 6.04 Å². The van der Waals surface area contributed by atoms with Crippen LogP contribution in [-0.2, 0) is 11.3 Å². The molecule has 18 heavy (non-hydrogen) atoms. The molecule has 1 aromatic heterocycles. The zero-order valence-electron chi connectivity index (χ0n) is 10.1. The molecule has 0 aliphatic carbocycles. The summed E-state index contributed by atoms with van der Waals surface area (Å²) in [6, 6.07) is 12.4. The number of carbonyl (C=O) groups is 1. The van der Waals surface area contributed by atoms with E-state index in [4.69, 9.17) is 4.42 Å². The van der Waals surface area contributed by atoms with Crippen LogP contribution in [0.15, 0.2) is 53.1 Å². The summed E-state index contributed by atoms with van der Waals surface area (Å²) in [6.45, 7) is 0.554. The highest BCUT2D eigenvalue weighted by molar-refractivity contribution is 5.74. The van der Waals surface area contributed by atoms with Crippen LogP contribution < -0.4 is 0 Å². The monoisotopic (exact) mass is 245 g/mol. The van der Waals surface area contributed by atoms with Gasteiger partial charge in [0.05, 0.1) is 6.26 Å². The minimum atomic E-state index is -0.914. The van der Waals surface area contributed by atoms with Crippen molar-refractivity contribution in [1.82, 2.24) is 4.90 Å². The Morgan fingerprint density at radius 3 is 2.56 bits per heavy atom. The summed E-state index contributed by atoms with van der Waals surface area (Å²) in [5.41, 5.74) is 1.07. The summed E-state index contributed by atoms with van der Waals surface area (Å²) in [7, 11) is 1.77. The summed E-state index contributed by atoms with van der Waals surface area (Å²) in [6.07, 6.45) is 1.49. The van der Waals surface area contributed by atoms with Crippen molar-refractivity contribution in [2.24, 2.45) is 0 Å². The molecule has 1 aromatic carbocycles. The quantitative estimate of drug-likeness (QED) is 0.879. The summed E-state index contributed by atoms with van der Waals surface area (Å²) in [5, 5.41) is 9.29. The number of furan rings is 1. The van der Waals surface area contributed by atoms with Gasteiger partial charge in [-0.25, -0.2) is 0 Å². The smallest absolute Gasteiger partial charge is 0.328 e. The Balaban J connectivity index is 2.15. The summed E-state index contributed by atoms with van der Waals surface area (Å²) in [5.74, 6) is -0.468. The standard InChI is InChI=1S/C14H15NO3/c1-15(10-11-6-3-2-4-7-11)13(14(16)17)12-8-5-9-18-12/h2-9,13H,10H2,1H3,(H,16,17). The molecule has 2 rings (SSSR count). The average molecular weight is 245 g/mol. The minimum Gasteiger partial charge on any atom is -0.480 e. The molecule has 0 saturated carbocycles. The van der Waals surface area contributed by atoms with E-state index in [1.54, 1.807) is 24.1 Å². The second-order valence-corrected chi connectivity index (χ2v) is 4.16. The number of carboxylic acids is 1. The van der Waals surface area contributed by atoms with Gasteiger partial charge in [0.25, 0.3) is 0 Å². The molecule has 0 saturated heterocycles. The van der Waals surface area contributed by atoms with Crippen LogP contribution in [0.1, 0.15) is 17.4 Å². The van der Waals surface area contributed by atoms with E-state index in [1.807, 2.05) is 30.3 Å². The third kappa shape index (κ3) is 2.78. The first-order chi connectivity index (χ1) is 8.68. The van der Waals surface area contributed by atoms with Gasteiger partial charge in [-0.15, -0.1) is 0 Å². The van der Waals surface area contributed by atoms with Gasteiger partial charge in [0.2, 0.25) is 0 Å². The van der Waals surface area contributed by atoms with E-state index >= 15 is 0 Å². The molecule has 0 radical (unpaired) electrons. The van der Waals surface area contributed by atoms with Gasteiger partial charge in [-0.2, -0.15) is 0 Å². The molecule has 94 valence electrons. The molecule has 0 spiro atoms. The fourth-order valence-corrected chi connectivity index (χ4v) is 1.94. The fourth-order valence-electron chi connectivity index (χ4n) is 1.94. The zero-order valence-corrected chi connectivity index (χ0v) is 10.1. The highest BCUT2D eigenvalue weighted by Gasteiger charge is 2.27. The van der Waals surface area contributed by atoms with E-state index in [0.29, 0.717) is 12.3 Å². The summed E-state index contributed by atoms with van der Waals surface area (Å²) < 4.78 is 5.19. The van der Waals surface area contributed by atoms with Crippen LogP contribution in [0.25, 0.3) is 0 Å². The molecular formula is C14H15NO3. The number of nitrogens with zero attached hydrogens (tertiary/aromatic N) is 1. The SMILES string of the molecule is CN(Cc1ccccc1)C(C(=O)O)c1ccco1. The van der Waals surface area contributed by atoms with Crippen molar-refractivity contribution in [1.29, 1.82) is 0 Å². The average Bonchev–Trinajstić information content (AvgIpc) is 2.83. The molecule has 1 N–H and O–H groups in total. The largest absolute Gasteiger partial charge is 0.480 e. The van der Waals surface area contributed by atoms with Crippen molar-refractivity contribution in [2.75, 3.05) is 7.05 Å². The maximum atomic E-state index is 11.3. The topological polar surface area (TPSA) is 53.7 Å². The van der Waals surface area contributed by atoms with Gasteiger partial charge >= 0.3 is 5.97 Å². The predicted octanol–water partition coefficient (Wildman–Crippen LogP) is 2.54. The van der Waals surface area contributed by atoms with E-state index in [-0.39, 0.29) is 0 Å². The maximum Gasteiger partial charge on any atom is 0.328 e. The number of rotatable bonds is 5. The lowest BCUT2D eigenvalue weighted by atomic mass is 10.1. The Hall–Kier alpha value is -2.07. The van der Waals surface area contributed by atoms with Crippen molar-refractivity contribution in [2.45, 2.75) is 12.6 Å². The molecule has 0 bridgehead atoms. The molecule has 0 amide bonds. The first-order valence-electron chi connectivity index (χ1n) is 5.69. The Kier molecular flexibility index (Phi) is 3.79. The van der Waals surface area contributed by atoms with Crippen LogP contribution in [-0.4, -0.2) is 23.0 Å². The first kappa shape index (κ1) is 12.4. The van der Waals surface area contributed by atoms with Crippen LogP contribution in [0.5, 0.6) is 0 Å². The zero-order chi connectivity index (χ0) is 13.0. The maximum absolute atomic E-state index is 11.3. The van der Waals surface area contributed by atoms with Crippen molar-refractivity contribution < 1.29 is 14.3 Å². The molecule has 4 heteroatoms. The lowest BCUT2D eigenvalue weighted by Gasteiger charge is -2.22. The van der Waals surface area contributed by atoms with Crippen molar-refractivity contribution in [3.05, 3.63) is 60.1 Å². The van der Waals surface area contributed by atoms with Crippen molar-refractivity contribution in [3.63, 3.8) is 0 Å². The molecule has 0 aliphatic rings. The summed E-state index contributed by atoms with van der Waals surface area (Å²) >= 11 is 0. The fraction of sp³-hybridized carbons (Fsp3) is 0.214. The lowest BCUT2D eigenvalue weighted by Crippen LogP contribution is -2.30. The highest BCUT2D eigenvalue weighted by Crippen LogP contribution is 2.21. The van der Waals surface area contributed by atoms with E-state index < -0.39 is 12.0 Å². The number of aliphatic carboxylic acids is 1. The van der Waals surface area contributed by atoms with Gasteiger partial charge in [0.1, 0.15) is 5.76 Å². The van der Waals surface area contributed by atoms with E-state index in [2.05, 4.69) is 0 Å². The number of likely N-dealkylation sites (N-methyl/N-ethyl adjacent to an activating group) is 1. The highest BCUT2D eigenvalue weighted by atomic mass is 16.4. The second kappa shape index (κ2) is 5.51. The third-order valence-corrected chi connectivity index (χ3v) is 2.76. The predicted molar refractivity (Wildman–Crippen MR) is 67.0 cm³/mol. The van der Waals surface area contributed by atoms with Crippen LogP contribution in [0.2, 0.25) is 0 Å². The molecule has 4 nitrogen and oxygen atoms in total. The summed E-state index contributed by atoms with van der Waals surface area (Å²) in [4.78, 5) is 13.1. The van der Waals surface area contributed by atoms with E-state index in [1.165, 1.54) is 6.26 Å². The Bertz CT molecular complexity index is 493. The second-order valence-electron chi connectivity index (χ2n) is 4.16. The van der Waals surface area contributed by atoms with Gasteiger partial charge < -0.3 is 9.52 Å². The van der Waals surface area contributed by atoms with Crippen LogP contribution >= 0.6 is 0 Å². The minimum absolute atomic E-state index is 0.445. The van der Waals surface area contributed by atoms with E-state index in [9.17, 15) is 9.90 Å². The number of benzene rings is 1. The Labute approximate surface area is 105 Å². The number of hydrogen-bond acceptors (Lipinski definition) is 3. The number of carboxylic acid groups (broad SMARTS) is 1. The van der Waals surface area contributed by atoms with E-state index in [0.717, 1.165) is 5.56 Å². The normalized spacial score (nSPS) is 12.6. The van der Waals surface area contributed by atoms with Crippen LogP contribution in [0.3, 0.4) is 0 Å². The molecule has 1 heterocycles. The molecule has 1 atom stereocenters. The molecule has 0 aliphatic heterocycles.